The summed E-state index contributed by atoms with van der Waals surface area (Å²) < 4.78 is 41.0. The zero-order valence-corrected chi connectivity index (χ0v) is 15.2. The molecule has 3 heterocycles. The molecule has 8 nitrogen and oxygen atoms in total. The van der Waals surface area contributed by atoms with Crippen molar-refractivity contribution >= 4 is 11.7 Å². The number of alkyl halides is 3. The van der Waals surface area contributed by atoms with Crippen LogP contribution in [0.3, 0.4) is 0 Å². The molecule has 0 radical (unpaired) electrons. The summed E-state index contributed by atoms with van der Waals surface area (Å²) in [4.78, 5) is 14.0. The molecule has 4 rings (SSSR count). The highest BCUT2D eigenvalue weighted by Crippen LogP contribution is 2.34. The van der Waals surface area contributed by atoms with E-state index in [2.05, 4.69) is 30.9 Å². The van der Waals surface area contributed by atoms with E-state index >= 15 is 0 Å². The van der Waals surface area contributed by atoms with Crippen molar-refractivity contribution in [2.24, 2.45) is 5.16 Å². The van der Waals surface area contributed by atoms with E-state index in [9.17, 15) is 13.2 Å². The van der Waals surface area contributed by atoms with Gasteiger partial charge < -0.3 is 15.5 Å². The Kier molecular flexibility index (Phi) is 4.82. The highest BCUT2D eigenvalue weighted by Gasteiger charge is 2.35. The van der Waals surface area contributed by atoms with Gasteiger partial charge in [0.2, 0.25) is 5.92 Å². The first-order chi connectivity index (χ1) is 13.4. The molecule has 1 atom stereocenters. The van der Waals surface area contributed by atoms with Crippen LogP contribution < -0.4 is 10.6 Å². The van der Waals surface area contributed by atoms with Gasteiger partial charge in [0.25, 0.3) is 5.95 Å². The monoisotopic (exact) mass is 395 g/mol. The SMILES string of the molecule is CC1NC(c2cc(NC3CCC(F)(F)CC3)nc(-n3ccc(CF)n3)n2)=NO1. The van der Waals surface area contributed by atoms with E-state index in [1.165, 1.54) is 10.7 Å². The maximum Gasteiger partial charge on any atom is 0.253 e. The molecule has 2 N–H and O–H groups in total. The van der Waals surface area contributed by atoms with Crippen LogP contribution in [0.4, 0.5) is 19.0 Å². The van der Waals surface area contributed by atoms with Crippen molar-refractivity contribution < 1.29 is 18.0 Å². The molecule has 11 heteroatoms. The molecule has 1 fully saturated rings. The summed E-state index contributed by atoms with van der Waals surface area (Å²) in [6.45, 7) is 1.09. The number of halogens is 3. The maximum atomic E-state index is 13.4. The average molecular weight is 395 g/mol. The molecular formula is C17H20F3N7O. The van der Waals surface area contributed by atoms with Crippen LogP contribution in [0.2, 0.25) is 0 Å². The Morgan fingerprint density at radius 3 is 2.75 bits per heavy atom. The molecule has 28 heavy (non-hydrogen) atoms. The standard InChI is InChI=1S/C17H20F3N7O/c1-10-21-15(26-28-10)13-8-14(22-11-2-5-17(19,20)6-3-11)24-16(23-13)27-7-4-12(9-18)25-27/h4,7-8,10-11H,2-3,5-6,9H2,1H3,(H,21,26)(H,22,23,24). The molecule has 0 saturated heterocycles. The Bertz CT molecular complexity index is 875. The van der Waals surface area contributed by atoms with Crippen molar-refractivity contribution in [1.29, 1.82) is 0 Å². The van der Waals surface area contributed by atoms with Crippen molar-refractivity contribution in [1.82, 2.24) is 25.1 Å². The van der Waals surface area contributed by atoms with E-state index in [4.69, 9.17) is 4.84 Å². The Hall–Kier alpha value is -2.85. The maximum absolute atomic E-state index is 13.4. The highest BCUT2D eigenvalue weighted by molar-refractivity contribution is 5.98. The molecule has 150 valence electrons. The van der Waals surface area contributed by atoms with Crippen LogP contribution in [0.5, 0.6) is 0 Å². The Morgan fingerprint density at radius 2 is 2.11 bits per heavy atom. The minimum atomic E-state index is -2.60. The molecule has 1 saturated carbocycles. The zero-order chi connectivity index (χ0) is 19.7. The number of amidine groups is 1. The second-order valence-corrected chi connectivity index (χ2v) is 6.93. The van der Waals surface area contributed by atoms with Gasteiger partial charge in [0.05, 0.1) is 5.69 Å². The van der Waals surface area contributed by atoms with Crippen LogP contribution in [0.1, 0.15) is 44.0 Å². The third kappa shape index (κ3) is 4.02. The van der Waals surface area contributed by atoms with Crippen molar-refractivity contribution in [3.05, 3.63) is 29.7 Å². The fourth-order valence-electron chi connectivity index (χ4n) is 3.17. The number of anilines is 1. The summed E-state index contributed by atoms with van der Waals surface area (Å²) in [6, 6.07) is 3.08. The largest absolute Gasteiger partial charge is 0.369 e. The number of hydrogen-bond donors (Lipinski definition) is 2. The van der Waals surface area contributed by atoms with Crippen molar-refractivity contribution in [2.75, 3.05) is 5.32 Å². The van der Waals surface area contributed by atoms with E-state index < -0.39 is 12.6 Å². The van der Waals surface area contributed by atoms with E-state index in [0.717, 1.165) is 0 Å². The molecule has 0 aromatic carbocycles. The molecule has 0 bridgehead atoms. The lowest BCUT2D eigenvalue weighted by Gasteiger charge is -2.29. The summed E-state index contributed by atoms with van der Waals surface area (Å²) in [6.07, 6.45) is 1.63. The number of aromatic nitrogens is 4. The van der Waals surface area contributed by atoms with Crippen molar-refractivity contribution in [2.45, 2.75) is 57.5 Å². The van der Waals surface area contributed by atoms with E-state index in [1.807, 2.05) is 0 Å². The van der Waals surface area contributed by atoms with Gasteiger partial charge in [-0.2, -0.15) is 10.1 Å². The Balaban J connectivity index is 1.62. The van der Waals surface area contributed by atoms with Crippen LogP contribution in [-0.2, 0) is 11.5 Å². The third-order valence-corrected chi connectivity index (χ3v) is 4.65. The van der Waals surface area contributed by atoms with E-state index in [0.29, 0.717) is 30.2 Å². The highest BCUT2D eigenvalue weighted by atomic mass is 19.3. The number of nitrogens with one attached hydrogen (secondary N) is 2. The van der Waals surface area contributed by atoms with Gasteiger partial charge in [-0.25, -0.2) is 22.8 Å². The zero-order valence-electron chi connectivity index (χ0n) is 15.2. The van der Waals surface area contributed by atoms with Gasteiger partial charge in [-0.1, -0.05) is 5.16 Å². The normalized spacial score (nSPS) is 21.7. The molecule has 1 unspecified atom stereocenters. The molecular weight excluding hydrogens is 375 g/mol. The minimum Gasteiger partial charge on any atom is -0.369 e. The first kappa shape index (κ1) is 18.5. The summed E-state index contributed by atoms with van der Waals surface area (Å²) in [5.41, 5.74) is 0.710. The fraction of sp³-hybridized carbons (Fsp3) is 0.529. The lowest BCUT2D eigenvalue weighted by molar-refractivity contribution is -0.0361. The van der Waals surface area contributed by atoms with Gasteiger partial charge in [0.1, 0.15) is 18.2 Å². The fourth-order valence-corrected chi connectivity index (χ4v) is 3.17. The van der Waals surface area contributed by atoms with Crippen LogP contribution in [0.15, 0.2) is 23.5 Å². The second-order valence-electron chi connectivity index (χ2n) is 6.93. The van der Waals surface area contributed by atoms with Crippen LogP contribution in [0.25, 0.3) is 5.95 Å². The van der Waals surface area contributed by atoms with Gasteiger partial charge in [-0.05, 0) is 25.8 Å². The predicted molar refractivity (Wildman–Crippen MR) is 95.0 cm³/mol. The molecule has 0 amide bonds. The lowest BCUT2D eigenvalue weighted by atomic mass is 9.92. The Labute approximate surface area is 159 Å². The molecule has 2 aliphatic rings. The van der Waals surface area contributed by atoms with Gasteiger partial charge in [-0.15, -0.1) is 0 Å². The van der Waals surface area contributed by atoms with Gasteiger partial charge in [-0.3, -0.25) is 0 Å². The smallest absolute Gasteiger partial charge is 0.253 e. The van der Waals surface area contributed by atoms with Crippen molar-refractivity contribution in [3.8, 4) is 5.95 Å². The predicted octanol–water partition coefficient (Wildman–Crippen LogP) is 2.75. The third-order valence-electron chi connectivity index (χ3n) is 4.65. The number of rotatable bonds is 5. The lowest BCUT2D eigenvalue weighted by Crippen LogP contribution is -2.33. The summed E-state index contributed by atoms with van der Waals surface area (Å²) >= 11 is 0. The molecule has 2 aromatic rings. The second kappa shape index (κ2) is 7.28. The Morgan fingerprint density at radius 1 is 1.32 bits per heavy atom. The van der Waals surface area contributed by atoms with Gasteiger partial charge >= 0.3 is 0 Å². The van der Waals surface area contributed by atoms with E-state index in [-0.39, 0.29) is 36.8 Å². The van der Waals surface area contributed by atoms with Crippen LogP contribution in [-0.4, -0.2) is 43.8 Å². The molecule has 0 spiro atoms. The van der Waals surface area contributed by atoms with Crippen LogP contribution in [0, 0.1) is 0 Å². The quantitative estimate of drug-likeness (QED) is 0.809. The van der Waals surface area contributed by atoms with E-state index in [1.54, 1.807) is 19.2 Å². The van der Waals surface area contributed by atoms with Crippen LogP contribution >= 0.6 is 0 Å². The first-order valence-corrected chi connectivity index (χ1v) is 9.07. The topological polar surface area (TPSA) is 89.2 Å². The summed E-state index contributed by atoms with van der Waals surface area (Å²) in [7, 11) is 0. The van der Waals surface area contributed by atoms with Gasteiger partial charge in [0, 0.05) is 31.1 Å². The number of oxime groups is 1. The molecule has 2 aromatic heterocycles. The van der Waals surface area contributed by atoms with Gasteiger partial charge in [0.15, 0.2) is 12.1 Å². The minimum absolute atomic E-state index is 0.122. The first-order valence-electron chi connectivity index (χ1n) is 9.07. The molecule has 1 aliphatic carbocycles. The van der Waals surface area contributed by atoms with Crippen molar-refractivity contribution in [3.63, 3.8) is 0 Å². The average Bonchev–Trinajstić information content (AvgIpc) is 3.32. The summed E-state index contributed by atoms with van der Waals surface area (Å²) in [5.74, 6) is -1.51. The number of hydrogen-bond acceptors (Lipinski definition) is 7. The molecule has 1 aliphatic heterocycles. The number of nitrogens with zero attached hydrogens (tertiary/aromatic N) is 5. The summed E-state index contributed by atoms with van der Waals surface area (Å²) in [5, 5.41) is 14.3.